The van der Waals surface area contributed by atoms with Crippen LogP contribution in [0.5, 0.6) is 0 Å². The number of piperidine rings is 1. The Kier molecular flexibility index (Phi) is 6.30. The average molecular weight is 359 g/mol. The van der Waals surface area contributed by atoms with Crippen molar-refractivity contribution >= 4 is 17.5 Å². The Balaban J connectivity index is 1.42. The number of carbonyl (C=O) groups excluding carboxylic acids is 2. The van der Waals surface area contributed by atoms with Crippen LogP contribution in [0.4, 0.5) is 5.69 Å². The van der Waals surface area contributed by atoms with Gasteiger partial charge in [0.2, 0.25) is 5.91 Å². The Labute approximate surface area is 156 Å². The molecule has 2 fully saturated rings. The zero-order valence-corrected chi connectivity index (χ0v) is 16.1. The van der Waals surface area contributed by atoms with E-state index in [0.717, 1.165) is 41.7 Å². The van der Waals surface area contributed by atoms with Crippen LogP contribution in [0.25, 0.3) is 0 Å². The smallest absolute Gasteiger partial charge is 0.275 e. The van der Waals surface area contributed by atoms with Crippen LogP contribution in [-0.4, -0.2) is 38.0 Å². The Morgan fingerprint density at radius 1 is 1.04 bits per heavy atom. The molecule has 0 radical (unpaired) electrons. The van der Waals surface area contributed by atoms with Gasteiger partial charge in [0.15, 0.2) is 6.54 Å². The van der Waals surface area contributed by atoms with Gasteiger partial charge in [-0.3, -0.25) is 9.59 Å². The molecule has 142 valence electrons. The van der Waals surface area contributed by atoms with Crippen molar-refractivity contribution in [3.05, 3.63) is 29.3 Å². The number of rotatable bonds is 5. The number of hydrogen-bond acceptors (Lipinski definition) is 2. The molecule has 0 aromatic heterocycles. The van der Waals surface area contributed by atoms with Crippen molar-refractivity contribution < 1.29 is 14.5 Å². The van der Waals surface area contributed by atoms with Crippen LogP contribution in [0, 0.1) is 25.7 Å². The normalized spacial score (nSPS) is 25.2. The molecule has 2 aliphatic rings. The molecule has 3 rings (SSSR count). The predicted molar refractivity (Wildman–Crippen MR) is 103 cm³/mol. The van der Waals surface area contributed by atoms with Gasteiger partial charge in [-0.2, -0.15) is 0 Å². The largest absolute Gasteiger partial charge is 0.342 e. The summed E-state index contributed by atoms with van der Waals surface area (Å²) in [4.78, 5) is 25.8. The van der Waals surface area contributed by atoms with Crippen molar-refractivity contribution in [2.75, 3.05) is 31.5 Å². The van der Waals surface area contributed by atoms with Crippen molar-refractivity contribution in [1.29, 1.82) is 0 Å². The molecule has 5 heteroatoms. The van der Waals surface area contributed by atoms with Gasteiger partial charge < -0.3 is 15.5 Å². The molecular weight excluding hydrogens is 326 g/mol. The lowest BCUT2D eigenvalue weighted by molar-refractivity contribution is -0.902. The maximum atomic E-state index is 12.3. The molecule has 1 heterocycles. The molecule has 1 aromatic carbocycles. The number of amides is 2. The Morgan fingerprint density at radius 3 is 2.46 bits per heavy atom. The third-order valence-corrected chi connectivity index (χ3v) is 6.09. The fraction of sp³-hybridized carbons (Fsp3) is 0.619. The van der Waals surface area contributed by atoms with Crippen LogP contribution in [-0.2, 0) is 9.59 Å². The summed E-state index contributed by atoms with van der Waals surface area (Å²) in [5.41, 5.74) is 2.91. The number of aryl methyl sites for hydroxylation is 2. The average Bonchev–Trinajstić information content (AvgIpc) is 2.63. The minimum Gasteiger partial charge on any atom is -0.342 e. The number of nitrogens with one attached hydrogen (secondary N) is 3. The fourth-order valence-corrected chi connectivity index (χ4v) is 4.62. The van der Waals surface area contributed by atoms with E-state index in [4.69, 9.17) is 0 Å². The fourth-order valence-electron chi connectivity index (χ4n) is 4.62. The molecule has 3 N–H and O–H groups in total. The number of quaternary nitrogens is 1. The maximum Gasteiger partial charge on any atom is 0.275 e. The lowest BCUT2D eigenvalue weighted by Crippen LogP contribution is -3.15. The molecule has 1 aliphatic heterocycles. The molecule has 26 heavy (non-hydrogen) atoms. The van der Waals surface area contributed by atoms with Gasteiger partial charge in [-0.05, 0) is 50.2 Å². The lowest BCUT2D eigenvalue weighted by Gasteiger charge is -2.38. The van der Waals surface area contributed by atoms with Crippen molar-refractivity contribution in [2.45, 2.75) is 46.0 Å². The van der Waals surface area contributed by atoms with E-state index in [9.17, 15) is 9.59 Å². The predicted octanol–water partition coefficient (Wildman–Crippen LogP) is 1.45. The van der Waals surface area contributed by atoms with Crippen molar-refractivity contribution in [2.24, 2.45) is 11.8 Å². The van der Waals surface area contributed by atoms with Gasteiger partial charge >= 0.3 is 0 Å². The minimum absolute atomic E-state index is 0.0223. The van der Waals surface area contributed by atoms with Gasteiger partial charge in [-0.15, -0.1) is 0 Å². The number of fused-ring (bicyclic) bond motifs is 1. The first-order valence-corrected chi connectivity index (χ1v) is 9.99. The topological polar surface area (TPSA) is 62.6 Å². The first-order valence-electron chi connectivity index (χ1n) is 9.99. The highest BCUT2D eigenvalue weighted by molar-refractivity contribution is 5.95. The van der Waals surface area contributed by atoms with E-state index in [2.05, 4.69) is 10.6 Å². The second-order valence-corrected chi connectivity index (χ2v) is 8.07. The van der Waals surface area contributed by atoms with Gasteiger partial charge in [0, 0.05) is 11.6 Å². The standard InChI is InChI=1S/C21H31N3O2/c1-15-6-5-7-16(2)21(15)23-19(25)12-22-20(26)14-24-11-10-17-8-3-4-9-18(17)13-24/h5-7,17-18H,3-4,8-14H2,1-2H3,(H,22,26)(H,23,25)/p+1/t17-,18-/m1/s1. The van der Waals surface area contributed by atoms with Crippen LogP contribution < -0.4 is 15.5 Å². The van der Waals surface area contributed by atoms with E-state index in [1.54, 1.807) is 0 Å². The summed E-state index contributed by atoms with van der Waals surface area (Å²) in [5.74, 6) is 1.49. The summed E-state index contributed by atoms with van der Waals surface area (Å²) in [7, 11) is 0. The van der Waals surface area contributed by atoms with Gasteiger partial charge in [-0.1, -0.05) is 31.0 Å². The summed E-state index contributed by atoms with van der Waals surface area (Å²) >= 11 is 0. The number of anilines is 1. The number of likely N-dealkylation sites (tertiary alicyclic amines) is 1. The maximum absolute atomic E-state index is 12.3. The summed E-state index contributed by atoms with van der Waals surface area (Å²) in [6, 6.07) is 5.92. The van der Waals surface area contributed by atoms with E-state index >= 15 is 0 Å². The lowest BCUT2D eigenvalue weighted by atomic mass is 9.75. The molecule has 1 aromatic rings. The Hall–Kier alpha value is -1.88. The first kappa shape index (κ1) is 18.9. The van der Waals surface area contributed by atoms with Crippen molar-refractivity contribution in [1.82, 2.24) is 5.32 Å². The van der Waals surface area contributed by atoms with Gasteiger partial charge in [-0.25, -0.2) is 0 Å². The third kappa shape index (κ3) is 4.85. The highest BCUT2D eigenvalue weighted by Gasteiger charge is 2.34. The number of benzene rings is 1. The molecule has 1 saturated carbocycles. The highest BCUT2D eigenvalue weighted by Crippen LogP contribution is 2.32. The number of carbonyl (C=O) groups is 2. The zero-order valence-electron chi connectivity index (χ0n) is 16.1. The molecule has 3 atom stereocenters. The van der Waals surface area contributed by atoms with Crippen LogP contribution in [0.1, 0.15) is 43.2 Å². The van der Waals surface area contributed by atoms with Gasteiger partial charge in [0.25, 0.3) is 5.91 Å². The second-order valence-electron chi connectivity index (χ2n) is 8.07. The van der Waals surface area contributed by atoms with Crippen LogP contribution >= 0.6 is 0 Å². The van der Waals surface area contributed by atoms with Gasteiger partial charge in [0.1, 0.15) is 0 Å². The first-order chi connectivity index (χ1) is 12.5. The Bertz CT molecular complexity index is 638. The molecule has 2 amide bonds. The molecule has 5 nitrogen and oxygen atoms in total. The summed E-state index contributed by atoms with van der Waals surface area (Å²) in [5, 5.41) is 5.70. The van der Waals surface area contributed by atoms with E-state index in [-0.39, 0.29) is 18.4 Å². The van der Waals surface area contributed by atoms with Gasteiger partial charge in [0.05, 0.1) is 19.6 Å². The molecular formula is C21H32N3O2+. The van der Waals surface area contributed by atoms with Crippen LogP contribution in [0.15, 0.2) is 18.2 Å². The monoisotopic (exact) mass is 358 g/mol. The highest BCUT2D eigenvalue weighted by atomic mass is 16.2. The molecule has 0 spiro atoms. The van der Waals surface area contributed by atoms with Crippen molar-refractivity contribution in [3.63, 3.8) is 0 Å². The van der Waals surface area contributed by atoms with Crippen molar-refractivity contribution in [3.8, 4) is 0 Å². The summed E-state index contributed by atoms with van der Waals surface area (Å²) < 4.78 is 0. The second kappa shape index (κ2) is 8.67. The quantitative estimate of drug-likeness (QED) is 0.746. The van der Waals surface area contributed by atoms with Crippen LogP contribution in [0.3, 0.4) is 0 Å². The Morgan fingerprint density at radius 2 is 1.73 bits per heavy atom. The van der Waals surface area contributed by atoms with E-state index < -0.39 is 0 Å². The number of para-hydroxylation sites is 1. The van der Waals surface area contributed by atoms with E-state index in [1.807, 2.05) is 32.0 Å². The summed E-state index contributed by atoms with van der Waals surface area (Å²) in [6.07, 6.45) is 6.68. The minimum atomic E-state index is -0.170. The molecule has 1 saturated heterocycles. The molecule has 1 aliphatic carbocycles. The summed E-state index contributed by atoms with van der Waals surface area (Å²) in [6.45, 7) is 6.67. The molecule has 0 bridgehead atoms. The molecule has 1 unspecified atom stereocenters. The zero-order chi connectivity index (χ0) is 18.5. The van der Waals surface area contributed by atoms with E-state index in [1.165, 1.54) is 37.0 Å². The van der Waals surface area contributed by atoms with E-state index in [0.29, 0.717) is 6.54 Å². The SMILES string of the molecule is Cc1cccc(C)c1NC(=O)CNC(=O)C[NH+]1CC[C@H]2CCCC[C@@H]2C1. The number of hydrogen-bond donors (Lipinski definition) is 3. The van der Waals surface area contributed by atoms with Crippen LogP contribution in [0.2, 0.25) is 0 Å². The third-order valence-electron chi connectivity index (χ3n) is 6.09.